The summed E-state index contributed by atoms with van der Waals surface area (Å²) in [6.45, 7) is 4.09. The summed E-state index contributed by atoms with van der Waals surface area (Å²) in [5.74, 6) is 0.529. The number of benzene rings is 4. The van der Waals surface area contributed by atoms with E-state index in [1.807, 2.05) is 90.5 Å². The van der Waals surface area contributed by atoms with Crippen LogP contribution in [0.3, 0.4) is 0 Å². The predicted molar refractivity (Wildman–Crippen MR) is 153 cm³/mol. The van der Waals surface area contributed by atoms with Crippen molar-refractivity contribution in [3.63, 3.8) is 0 Å². The summed E-state index contributed by atoms with van der Waals surface area (Å²) in [6.07, 6.45) is 0. The fraction of sp³-hybridized carbons (Fsp3) is 0.0645. The molecule has 0 saturated carbocycles. The van der Waals surface area contributed by atoms with Gasteiger partial charge in [-0.3, -0.25) is 9.36 Å². The van der Waals surface area contributed by atoms with Crippen molar-refractivity contribution in [3.8, 4) is 34.2 Å². The third-order valence-electron chi connectivity index (χ3n) is 6.42. The average Bonchev–Trinajstić information content (AvgIpc) is 3.35. The minimum atomic E-state index is -0.120. The summed E-state index contributed by atoms with van der Waals surface area (Å²) in [5, 5.41) is 5.56. The summed E-state index contributed by atoms with van der Waals surface area (Å²) < 4.78 is 4.53. The van der Waals surface area contributed by atoms with E-state index in [1.165, 1.54) is 5.56 Å². The van der Waals surface area contributed by atoms with Crippen LogP contribution >= 0.6 is 15.9 Å². The number of aryl methyl sites for hydroxylation is 2. The maximum Gasteiger partial charge on any atom is 0.266 e. The van der Waals surface area contributed by atoms with Crippen LogP contribution in [-0.4, -0.2) is 19.3 Å². The molecule has 0 aliphatic rings. The molecule has 0 unspecified atom stereocenters. The number of aromatic nitrogens is 4. The van der Waals surface area contributed by atoms with Gasteiger partial charge in [-0.2, -0.15) is 5.10 Å². The first kappa shape index (κ1) is 23.1. The quantitative estimate of drug-likeness (QED) is 0.233. The third-order valence-corrected chi connectivity index (χ3v) is 6.95. The second-order valence-corrected chi connectivity index (χ2v) is 10.0. The van der Waals surface area contributed by atoms with Crippen molar-refractivity contribution >= 4 is 26.8 Å². The molecule has 2 heterocycles. The van der Waals surface area contributed by atoms with E-state index in [0.29, 0.717) is 16.7 Å². The van der Waals surface area contributed by atoms with Crippen LogP contribution in [0.1, 0.15) is 11.1 Å². The highest BCUT2D eigenvalue weighted by atomic mass is 79.9. The molecule has 5 nitrogen and oxygen atoms in total. The van der Waals surface area contributed by atoms with E-state index in [-0.39, 0.29) is 5.56 Å². The Balaban J connectivity index is 1.68. The molecule has 6 rings (SSSR count). The molecule has 180 valence electrons. The van der Waals surface area contributed by atoms with Gasteiger partial charge in [0.05, 0.1) is 28.0 Å². The molecule has 6 heteroatoms. The van der Waals surface area contributed by atoms with E-state index in [2.05, 4.69) is 47.1 Å². The fourth-order valence-corrected chi connectivity index (χ4v) is 4.69. The normalized spacial score (nSPS) is 11.2. The molecule has 0 saturated heterocycles. The van der Waals surface area contributed by atoms with Crippen molar-refractivity contribution in [2.45, 2.75) is 13.8 Å². The van der Waals surface area contributed by atoms with Gasteiger partial charge in [0.15, 0.2) is 5.82 Å². The van der Waals surface area contributed by atoms with Gasteiger partial charge in [0.2, 0.25) is 0 Å². The first-order valence-electron chi connectivity index (χ1n) is 12.0. The Morgan fingerprint density at radius 1 is 0.730 bits per heavy atom. The lowest BCUT2D eigenvalue weighted by molar-refractivity contribution is 0.865. The number of fused-ring (bicyclic) bond motifs is 1. The number of nitrogens with zero attached hydrogens (tertiary/aromatic N) is 4. The predicted octanol–water partition coefficient (Wildman–Crippen LogP) is 7.28. The Morgan fingerprint density at radius 2 is 1.35 bits per heavy atom. The molecule has 0 aliphatic carbocycles. The molecule has 0 aliphatic heterocycles. The maximum absolute atomic E-state index is 13.9. The van der Waals surface area contributed by atoms with Crippen molar-refractivity contribution in [2.75, 3.05) is 0 Å². The summed E-state index contributed by atoms with van der Waals surface area (Å²) in [4.78, 5) is 18.9. The van der Waals surface area contributed by atoms with E-state index < -0.39 is 0 Å². The van der Waals surface area contributed by atoms with Crippen LogP contribution in [-0.2, 0) is 0 Å². The van der Waals surface area contributed by atoms with Gasteiger partial charge in [0.25, 0.3) is 5.56 Å². The lowest BCUT2D eigenvalue weighted by Gasteiger charge is -2.15. The molecule has 0 radical (unpaired) electrons. The minimum absolute atomic E-state index is 0.120. The molecule has 2 aromatic heterocycles. The van der Waals surface area contributed by atoms with Gasteiger partial charge in [-0.1, -0.05) is 75.6 Å². The van der Waals surface area contributed by atoms with Crippen LogP contribution in [0.5, 0.6) is 0 Å². The van der Waals surface area contributed by atoms with E-state index in [4.69, 9.17) is 10.1 Å². The number of rotatable bonds is 4. The van der Waals surface area contributed by atoms with Gasteiger partial charge < -0.3 is 0 Å². The molecule has 0 atom stereocenters. The van der Waals surface area contributed by atoms with Crippen molar-refractivity contribution in [2.24, 2.45) is 0 Å². The van der Waals surface area contributed by atoms with Crippen molar-refractivity contribution in [1.29, 1.82) is 0 Å². The van der Waals surface area contributed by atoms with Crippen LogP contribution < -0.4 is 5.56 Å². The molecule has 4 aromatic carbocycles. The van der Waals surface area contributed by atoms with Gasteiger partial charge in [-0.05, 0) is 68.4 Å². The number of hydrogen-bond acceptors (Lipinski definition) is 3. The zero-order chi connectivity index (χ0) is 25.5. The van der Waals surface area contributed by atoms with E-state index in [0.717, 1.165) is 38.4 Å². The number of hydrogen-bond donors (Lipinski definition) is 0. The molecule has 0 fully saturated rings. The SMILES string of the molecule is Cc1ccc(-c2cc(-c3nc4ccccc4c(=O)n3-c3ccc(C)cc3)n(-c3ccc(Br)cc3)n2)cc1. The monoisotopic (exact) mass is 546 g/mol. The summed E-state index contributed by atoms with van der Waals surface area (Å²) in [7, 11) is 0. The first-order valence-corrected chi connectivity index (χ1v) is 12.8. The Labute approximate surface area is 222 Å². The minimum Gasteiger partial charge on any atom is -0.268 e. The standard InChI is InChI=1S/C31H23BrN4O/c1-20-7-11-22(12-8-20)28-19-29(36(34-28)25-17-13-23(32)14-18-25)30-33-27-6-4-3-5-26(27)31(37)35(30)24-15-9-21(2)10-16-24/h3-19H,1-2H3. The highest BCUT2D eigenvalue weighted by Gasteiger charge is 2.21. The van der Waals surface area contributed by atoms with E-state index in [9.17, 15) is 4.79 Å². The van der Waals surface area contributed by atoms with E-state index in [1.54, 1.807) is 4.57 Å². The van der Waals surface area contributed by atoms with Gasteiger partial charge in [0, 0.05) is 10.0 Å². The Hall–Kier alpha value is -4.29. The highest BCUT2D eigenvalue weighted by Crippen LogP contribution is 2.30. The second kappa shape index (κ2) is 9.30. The van der Waals surface area contributed by atoms with Crippen LogP contribution in [0, 0.1) is 13.8 Å². The molecule has 0 spiro atoms. The van der Waals surface area contributed by atoms with Gasteiger partial charge in [0.1, 0.15) is 5.69 Å². The summed E-state index contributed by atoms with van der Waals surface area (Å²) in [5.41, 5.74) is 6.97. The van der Waals surface area contributed by atoms with Crippen LogP contribution in [0.15, 0.2) is 112 Å². The van der Waals surface area contributed by atoms with Crippen LogP contribution in [0.4, 0.5) is 0 Å². The molecule has 6 aromatic rings. The molecule has 37 heavy (non-hydrogen) atoms. The highest BCUT2D eigenvalue weighted by molar-refractivity contribution is 9.10. The van der Waals surface area contributed by atoms with Crippen molar-refractivity contribution in [3.05, 3.63) is 129 Å². The fourth-order valence-electron chi connectivity index (χ4n) is 4.42. The van der Waals surface area contributed by atoms with Crippen molar-refractivity contribution < 1.29 is 0 Å². The number of para-hydroxylation sites is 1. The Kier molecular flexibility index (Phi) is 5.81. The molecule has 0 amide bonds. The number of halogens is 1. The lowest BCUT2D eigenvalue weighted by atomic mass is 10.1. The first-order chi connectivity index (χ1) is 18.0. The Bertz CT molecular complexity index is 1800. The third kappa shape index (κ3) is 4.30. The van der Waals surface area contributed by atoms with Gasteiger partial charge >= 0.3 is 0 Å². The second-order valence-electron chi connectivity index (χ2n) is 9.10. The van der Waals surface area contributed by atoms with Gasteiger partial charge in [-0.25, -0.2) is 9.67 Å². The molecule has 0 bridgehead atoms. The largest absolute Gasteiger partial charge is 0.268 e. The summed E-state index contributed by atoms with van der Waals surface area (Å²) >= 11 is 3.53. The Morgan fingerprint density at radius 3 is 2.05 bits per heavy atom. The molecular formula is C31H23BrN4O. The van der Waals surface area contributed by atoms with E-state index >= 15 is 0 Å². The lowest BCUT2D eigenvalue weighted by Crippen LogP contribution is -2.22. The summed E-state index contributed by atoms with van der Waals surface area (Å²) in [6, 6.07) is 33.6. The molecule has 0 N–H and O–H groups in total. The maximum atomic E-state index is 13.9. The van der Waals surface area contributed by atoms with Crippen LogP contribution in [0.2, 0.25) is 0 Å². The smallest absolute Gasteiger partial charge is 0.266 e. The van der Waals surface area contributed by atoms with Crippen molar-refractivity contribution in [1.82, 2.24) is 19.3 Å². The van der Waals surface area contributed by atoms with Crippen LogP contribution in [0.25, 0.3) is 45.1 Å². The van der Waals surface area contributed by atoms with Gasteiger partial charge in [-0.15, -0.1) is 0 Å². The molecular weight excluding hydrogens is 524 g/mol. The topological polar surface area (TPSA) is 52.7 Å². The zero-order valence-electron chi connectivity index (χ0n) is 20.4. The average molecular weight is 547 g/mol. The zero-order valence-corrected chi connectivity index (χ0v) is 22.0.